The lowest BCUT2D eigenvalue weighted by Gasteiger charge is -2.52. The van der Waals surface area contributed by atoms with Crippen LogP contribution in [0.2, 0.25) is 0 Å². The Kier molecular flexibility index (Phi) is 5.28. The molecule has 162 valence electrons. The lowest BCUT2D eigenvalue weighted by molar-refractivity contribution is -0.159. The lowest BCUT2D eigenvalue weighted by atomic mass is 9.84. The van der Waals surface area contributed by atoms with Crippen LogP contribution in [0.3, 0.4) is 0 Å². The second-order valence-electron chi connectivity index (χ2n) is 9.22. The van der Waals surface area contributed by atoms with E-state index in [0.717, 1.165) is 42.9 Å². The Hall–Kier alpha value is -2.70. The number of carbonyl (C=O) groups excluding carboxylic acids is 1. The minimum Gasteiger partial charge on any atom is -0.377 e. The van der Waals surface area contributed by atoms with E-state index in [0.29, 0.717) is 5.82 Å². The van der Waals surface area contributed by atoms with Crippen LogP contribution in [0.25, 0.3) is 16.6 Å². The average molecular weight is 419 g/mol. The van der Waals surface area contributed by atoms with Gasteiger partial charge in [-0.2, -0.15) is 5.10 Å². The third kappa shape index (κ3) is 3.86. The smallest absolute Gasteiger partial charge is 0.228 e. The number of piperidine rings is 1. The molecule has 4 heterocycles. The maximum atomic E-state index is 12.0. The number of pyridine rings is 1. The van der Waals surface area contributed by atoms with E-state index in [1.54, 1.807) is 0 Å². The van der Waals surface area contributed by atoms with Crippen LogP contribution in [0, 0.1) is 5.92 Å². The van der Waals surface area contributed by atoms with E-state index in [1.165, 1.54) is 24.8 Å². The zero-order valence-corrected chi connectivity index (χ0v) is 18.3. The summed E-state index contributed by atoms with van der Waals surface area (Å²) in [5.74, 6) is 0.477. The second-order valence-corrected chi connectivity index (χ2v) is 9.22. The van der Waals surface area contributed by atoms with Gasteiger partial charge in [0.05, 0.1) is 24.3 Å². The molecule has 2 aromatic heterocycles. The first-order chi connectivity index (χ1) is 15.0. The highest BCUT2D eigenvalue weighted by Crippen LogP contribution is 2.36. The number of nitrogens with one attached hydrogen (secondary N) is 1. The number of hydrogen-bond donors (Lipinski definition) is 1. The van der Waals surface area contributed by atoms with Gasteiger partial charge in [-0.05, 0) is 36.6 Å². The summed E-state index contributed by atoms with van der Waals surface area (Å²) in [5, 5.41) is 7.41. The van der Waals surface area contributed by atoms with Crippen molar-refractivity contribution in [3.05, 3.63) is 54.2 Å². The van der Waals surface area contributed by atoms with E-state index < -0.39 is 0 Å². The minimum atomic E-state index is -0.0811. The van der Waals surface area contributed by atoms with Crippen LogP contribution in [-0.2, 0) is 16.1 Å². The van der Waals surface area contributed by atoms with Crippen molar-refractivity contribution in [2.75, 3.05) is 25.1 Å². The molecule has 6 heteroatoms. The quantitative estimate of drug-likeness (QED) is 0.669. The highest BCUT2D eigenvalue weighted by Gasteiger charge is 2.45. The number of nitrogens with zero attached hydrogens (tertiary/aromatic N) is 3. The monoisotopic (exact) mass is 418 g/mol. The molecule has 6 nitrogen and oxygen atoms in total. The molecule has 31 heavy (non-hydrogen) atoms. The Morgan fingerprint density at radius 3 is 2.71 bits per heavy atom. The van der Waals surface area contributed by atoms with Gasteiger partial charge in [0.25, 0.3) is 0 Å². The first kappa shape index (κ1) is 20.2. The first-order valence-electron chi connectivity index (χ1n) is 11.3. The SMILES string of the molecule is CC(C)C(=O)Nc1cc2c(-c3ccc(CN4CCCCC45COC5)cc3)cccn2n1. The molecule has 1 spiro atoms. The fourth-order valence-electron chi connectivity index (χ4n) is 4.66. The summed E-state index contributed by atoms with van der Waals surface area (Å²) in [6.07, 6.45) is 5.76. The van der Waals surface area contributed by atoms with E-state index in [4.69, 9.17) is 4.74 Å². The summed E-state index contributed by atoms with van der Waals surface area (Å²) in [6.45, 7) is 7.65. The molecule has 1 amide bonds. The van der Waals surface area contributed by atoms with Gasteiger partial charge in [0.2, 0.25) is 5.91 Å². The van der Waals surface area contributed by atoms with Gasteiger partial charge in [-0.3, -0.25) is 9.69 Å². The van der Waals surface area contributed by atoms with Gasteiger partial charge in [0.15, 0.2) is 5.82 Å². The number of anilines is 1. The fraction of sp³-hybridized carbons (Fsp3) is 0.440. The Morgan fingerprint density at radius 1 is 1.19 bits per heavy atom. The van der Waals surface area contributed by atoms with E-state index in [1.807, 2.05) is 36.7 Å². The molecule has 0 atom stereocenters. The fourth-order valence-corrected chi connectivity index (χ4v) is 4.66. The molecule has 0 aliphatic carbocycles. The molecule has 1 aromatic carbocycles. The molecule has 2 aliphatic rings. The van der Waals surface area contributed by atoms with Crippen molar-refractivity contribution in [3.63, 3.8) is 0 Å². The van der Waals surface area contributed by atoms with Crippen molar-refractivity contribution in [1.29, 1.82) is 0 Å². The van der Waals surface area contributed by atoms with E-state index in [-0.39, 0.29) is 17.4 Å². The van der Waals surface area contributed by atoms with Gasteiger partial charge in [0, 0.05) is 30.3 Å². The Morgan fingerprint density at radius 2 is 2.00 bits per heavy atom. The highest BCUT2D eigenvalue weighted by molar-refractivity contribution is 5.92. The Labute approximate surface area is 183 Å². The normalized spacial score (nSPS) is 18.4. The van der Waals surface area contributed by atoms with Crippen LogP contribution in [0.1, 0.15) is 38.7 Å². The molecule has 2 saturated heterocycles. The molecule has 3 aromatic rings. The van der Waals surface area contributed by atoms with Gasteiger partial charge in [-0.25, -0.2) is 4.52 Å². The summed E-state index contributed by atoms with van der Waals surface area (Å²) in [6, 6.07) is 14.9. The summed E-state index contributed by atoms with van der Waals surface area (Å²) in [7, 11) is 0. The number of likely N-dealkylation sites (tertiary alicyclic amines) is 1. The number of carbonyl (C=O) groups is 1. The predicted octanol–water partition coefficient (Wildman–Crippen LogP) is 4.35. The topological polar surface area (TPSA) is 58.9 Å². The van der Waals surface area contributed by atoms with Crippen molar-refractivity contribution in [1.82, 2.24) is 14.5 Å². The predicted molar refractivity (Wildman–Crippen MR) is 122 cm³/mol. The molecule has 0 unspecified atom stereocenters. The van der Waals surface area contributed by atoms with E-state index in [9.17, 15) is 4.79 Å². The van der Waals surface area contributed by atoms with Crippen LogP contribution >= 0.6 is 0 Å². The highest BCUT2D eigenvalue weighted by atomic mass is 16.5. The van der Waals surface area contributed by atoms with Crippen LogP contribution in [0.15, 0.2) is 48.7 Å². The largest absolute Gasteiger partial charge is 0.377 e. The molecule has 5 rings (SSSR count). The number of aromatic nitrogens is 2. The van der Waals surface area contributed by atoms with Crippen LogP contribution in [0.4, 0.5) is 5.82 Å². The van der Waals surface area contributed by atoms with Crippen molar-refractivity contribution in [2.24, 2.45) is 5.92 Å². The third-order valence-electron chi connectivity index (χ3n) is 6.65. The number of benzene rings is 1. The zero-order valence-electron chi connectivity index (χ0n) is 18.3. The van der Waals surface area contributed by atoms with Gasteiger partial charge in [-0.15, -0.1) is 0 Å². The molecular weight excluding hydrogens is 388 g/mol. The minimum absolute atomic E-state index is 0.0262. The number of fused-ring (bicyclic) bond motifs is 1. The van der Waals surface area contributed by atoms with Gasteiger partial charge >= 0.3 is 0 Å². The maximum Gasteiger partial charge on any atom is 0.228 e. The van der Waals surface area contributed by atoms with Crippen LogP contribution in [-0.4, -0.2) is 45.7 Å². The summed E-state index contributed by atoms with van der Waals surface area (Å²) < 4.78 is 7.39. The van der Waals surface area contributed by atoms with Gasteiger partial charge in [-0.1, -0.05) is 50.6 Å². The molecule has 2 fully saturated rings. The molecule has 1 N–H and O–H groups in total. The number of amides is 1. The van der Waals surface area contributed by atoms with E-state index in [2.05, 4.69) is 45.6 Å². The van der Waals surface area contributed by atoms with Crippen molar-refractivity contribution in [3.8, 4) is 11.1 Å². The molecular formula is C25H30N4O2. The third-order valence-corrected chi connectivity index (χ3v) is 6.65. The molecule has 2 aliphatic heterocycles. The van der Waals surface area contributed by atoms with E-state index >= 15 is 0 Å². The van der Waals surface area contributed by atoms with Crippen molar-refractivity contribution in [2.45, 2.75) is 45.2 Å². The standard InChI is InChI=1S/C25H30N4O2/c1-18(2)24(30)26-23-14-22-21(6-5-13-29(22)27-23)20-9-7-19(8-10-20)15-28-12-4-3-11-25(28)16-31-17-25/h5-10,13-14,18H,3-4,11-12,15-17H2,1-2H3,(H,26,27,30). The van der Waals surface area contributed by atoms with Gasteiger partial charge in [0.1, 0.15) is 0 Å². The summed E-state index contributed by atoms with van der Waals surface area (Å²) >= 11 is 0. The number of rotatable bonds is 5. The lowest BCUT2D eigenvalue weighted by Crippen LogP contribution is -2.63. The zero-order chi connectivity index (χ0) is 21.4. The maximum absolute atomic E-state index is 12.0. The number of ether oxygens (including phenoxy) is 1. The van der Waals surface area contributed by atoms with Crippen molar-refractivity contribution >= 4 is 17.2 Å². The first-order valence-corrected chi connectivity index (χ1v) is 11.3. The number of hydrogen-bond acceptors (Lipinski definition) is 4. The molecule has 0 saturated carbocycles. The second kappa shape index (κ2) is 8.09. The van der Waals surface area contributed by atoms with Crippen molar-refractivity contribution < 1.29 is 9.53 Å². The molecule has 0 radical (unpaired) electrons. The summed E-state index contributed by atoms with van der Waals surface area (Å²) in [5.41, 5.74) is 4.85. The Bertz CT molecular complexity index is 1080. The Balaban J connectivity index is 1.37. The van der Waals surface area contributed by atoms with Crippen LogP contribution in [0.5, 0.6) is 0 Å². The molecule has 0 bridgehead atoms. The average Bonchev–Trinajstić information content (AvgIpc) is 3.16. The van der Waals surface area contributed by atoms with Crippen LogP contribution < -0.4 is 5.32 Å². The van der Waals surface area contributed by atoms with Gasteiger partial charge < -0.3 is 10.1 Å². The summed E-state index contributed by atoms with van der Waals surface area (Å²) in [4.78, 5) is 14.7.